The van der Waals surface area contributed by atoms with E-state index in [1.165, 1.54) is 5.56 Å². The van der Waals surface area contributed by atoms with E-state index >= 15 is 0 Å². The van der Waals surface area contributed by atoms with Crippen molar-refractivity contribution in [3.63, 3.8) is 0 Å². The van der Waals surface area contributed by atoms with E-state index in [9.17, 15) is 9.59 Å². The van der Waals surface area contributed by atoms with Gasteiger partial charge in [-0.2, -0.15) is 0 Å². The fourth-order valence-electron chi connectivity index (χ4n) is 4.31. The molecule has 1 atom stereocenters. The Hall–Kier alpha value is -3.48. The highest BCUT2D eigenvalue weighted by molar-refractivity contribution is 6.30. The number of aromatic nitrogens is 2. The predicted octanol–water partition coefficient (Wildman–Crippen LogP) is 5.84. The first kappa shape index (κ1) is 25.6. The minimum Gasteiger partial charge on any atom is -0.385 e. The van der Waals surface area contributed by atoms with Gasteiger partial charge in [-0.1, -0.05) is 42.8 Å². The molecule has 0 fully saturated rings. The molecule has 7 heteroatoms. The monoisotopic (exact) mass is 503 g/mol. The van der Waals surface area contributed by atoms with E-state index in [4.69, 9.17) is 21.3 Å². The molecule has 0 N–H and O–H groups in total. The molecule has 0 spiro atoms. The molecule has 0 aliphatic heterocycles. The summed E-state index contributed by atoms with van der Waals surface area (Å²) < 4.78 is 6.84. The van der Waals surface area contributed by atoms with Gasteiger partial charge in [0.05, 0.1) is 22.6 Å². The maximum atomic E-state index is 13.7. The Bertz CT molecular complexity index is 1400. The smallest absolute Gasteiger partial charge is 0.266 e. The van der Waals surface area contributed by atoms with Crippen LogP contribution in [-0.2, 0) is 11.2 Å². The topological polar surface area (TPSA) is 64.4 Å². The second-order valence-electron chi connectivity index (χ2n) is 8.68. The summed E-state index contributed by atoms with van der Waals surface area (Å²) in [7, 11) is 1.64. The molecule has 0 aliphatic carbocycles. The average molecular weight is 504 g/mol. The molecule has 1 amide bonds. The van der Waals surface area contributed by atoms with Crippen molar-refractivity contribution < 1.29 is 9.53 Å². The Morgan fingerprint density at radius 1 is 1.06 bits per heavy atom. The molecule has 0 saturated heterocycles. The first-order valence-corrected chi connectivity index (χ1v) is 12.5. The predicted molar refractivity (Wildman–Crippen MR) is 144 cm³/mol. The van der Waals surface area contributed by atoms with E-state index in [0.717, 1.165) is 6.42 Å². The molecule has 4 rings (SSSR count). The van der Waals surface area contributed by atoms with E-state index in [0.29, 0.717) is 52.6 Å². The number of rotatable bonds is 9. The Morgan fingerprint density at radius 2 is 1.75 bits per heavy atom. The van der Waals surface area contributed by atoms with Crippen LogP contribution in [0, 0.1) is 0 Å². The van der Waals surface area contributed by atoms with Crippen molar-refractivity contribution in [1.82, 2.24) is 14.5 Å². The largest absolute Gasteiger partial charge is 0.385 e. The van der Waals surface area contributed by atoms with E-state index in [2.05, 4.69) is 6.92 Å². The number of benzene rings is 3. The minimum absolute atomic E-state index is 0.119. The summed E-state index contributed by atoms with van der Waals surface area (Å²) in [6.07, 6.45) is 1.55. The van der Waals surface area contributed by atoms with Crippen molar-refractivity contribution in [1.29, 1.82) is 0 Å². The van der Waals surface area contributed by atoms with Crippen LogP contribution in [-0.4, -0.2) is 40.6 Å². The second-order valence-corrected chi connectivity index (χ2v) is 9.11. The molecule has 0 radical (unpaired) electrons. The fraction of sp³-hybridized carbons (Fsp3) is 0.276. The first-order chi connectivity index (χ1) is 17.4. The Labute approximate surface area is 216 Å². The number of fused-ring (bicyclic) bond motifs is 1. The summed E-state index contributed by atoms with van der Waals surface area (Å²) in [4.78, 5) is 34.1. The summed E-state index contributed by atoms with van der Waals surface area (Å²) in [5.41, 5.74) is 2.80. The van der Waals surface area contributed by atoms with Crippen LogP contribution in [0.5, 0.6) is 0 Å². The van der Waals surface area contributed by atoms with Gasteiger partial charge in [-0.15, -0.1) is 0 Å². The molecule has 36 heavy (non-hydrogen) atoms. The van der Waals surface area contributed by atoms with Crippen LogP contribution in [0.2, 0.25) is 5.02 Å². The molecule has 6 nitrogen and oxygen atoms in total. The van der Waals surface area contributed by atoms with Crippen molar-refractivity contribution in [2.24, 2.45) is 0 Å². The van der Waals surface area contributed by atoms with E-state index in [1.807, 2.05) is 49.4 Å². The molecule has 0 bridgehead atoms. The van der Waals surface area contributed by atoms with E-state index in [-0.39, 0.29) is 11.5 Å². The van der Waals surface area contributed by atoms with Gasteiger partial charge in [-0.3, -0.25) is 14.2 Å². The van der Waals surface area contributed by atoms with Crippen LogP contribution in [0.15, 0.2) is 77.6 Å². The zero-order valence-corrected chi connectivity index (χ0v) is 21.5. The molecule has 0 saturated carbocycles. The van der Waals surface area contributed by atoms with E-state index in [1.54, 1.807) is 46.9 Å². The van der Waals surface area contributed by atoms with Crippen molar-refractivity contribution in [2.45, 2.75) is 32.7 Å². The third-order valence-electron chi connectivity index (χ3n) is 6.35. The normalized spacial score (nSPS) is 12.0. The summed E-state index contributed by atoms with van der Waals surface area (Å²) in [5, 5.41) is 1.08. The Morgan fingerprint density at radius 3 is 2.42 bits per heavy atom. The number of hydrogen-bond donors (Lipinski definition) is 0. The summed E-state index contributed by atoms with van der Waals surface area (Å²) in [6.45, 7) is 4.96. The number of ether oxygens (including phenoxy) is 1. The van der Waals surface area contributed by atoms with Gasteiger partial charge in [0.2, 0.25) is 0 Å². The van der Waals surface area contributed by atoms with Crippen LogP contribution in [0.25, 0.3) is 16.6 Å². The molecular weight excluding hydrogens is 474 g/mol. The number of para-hydroxylation sites is 1. The summed E-state index contributed by atoms with van der Waals surface area (Å²) >= 11 is 6.12. The van der Waals surface area contributed by atoms with Crippen LogP contribution in [0.3, 0.4) is 0 Å². The minimum atomic E-state index is -0.492. The summed E-state index contributed by atoms with van der Waals surface area (Å²) in [6, 6.07) is 21.5. The number of halogens is 1. The van der Waals surface area contributed by atoms with Crippen molar-refractivity contribution in [3.05, 3.63) is 105 Å². The number of amides is 1. The highest BCUT2D eigenvalue weighted by Gasteiger charge is 2.27. The Balaban J connectivity index is 1.85. The van der Waals surface area contributed by atoms with Gasteiger partial charge in [0.15, 0.2) is 0 Å². The van der Waals surface area contributed by atoms with Crippen molar-refractivity contribution in [3.8, 4) is 5.69 Å². The fourth-order valence-corrected chi connectivity index (χ4v) is 4.43. The highest BCUT2D eigenvalue weighted by Crippen LogP contribution is 2.25. The van der Waals surface area contributed by atoms with Crippen molar-refractivity contribution in [2.75, 3.05) is 20.3 Å². The van der Waals surface area contributed by atoms with Gasteiger partial charge >= 0.3 is 0 Å². The SMILES string of the molecule is CCc1ccc(C(=O)N(CCCOC)C(C)c2nc3ccccc3c(=O)n2-c2ccc(Cl)cc2)cc1. The van der Waals surface area contributed by atoms with Gasteiger partial charge in [0.25, 0.3) is 11.5 Å². The van der Waals surface area contributed by atoms with Crippen LogP contribution < -0.4 is 5.56 Å². The number of nitrogens with zero attached hydrogens (tertiary/aromatic N) is 3. The van der Waals surface area contributed by atoms with Crippen molar-refractivity contribution >= 4 is 28.4 Å². The third kappa shape index (κ3) is 5.35. The zero-order valence-electron chi connectivity index (χ0n) is 20.8. The number of carbonyl (C=O) groups excluding carboxylic acids is 1. The first-order valence-electron chi connectivity index (χ1n) is 12.1. The molecular formula is C29H30ClN3O3. The van der Waals surface area contributed by atoms with Crippen LogP contribution in [0.1, 0.15) is 48.1 Å². The maximum Gasteiger partial charge on any atom is 0.266 e. The number of carbonyl (C=O) groups is 1. The average Bonchev–Trinajstić information content (AvgIpc) is 2.91. The third-order valence-corrected chi connectivity index (χ3v) is 6.60. The molecule has 3 aromatic carbocycles. The number of hydrogen-bond acceptors (Lipinski definition) is 4. The second kappa shape index (κ2) is 11.5. The van der Waals surface area contributed by atoms with Crippen LogP contribution >= 0.6 is 11.6 Å². The molecule has 186 valence electrons. The quantitative estimate of drug-likeness (QED) is 0.269. The lowest BCUT2D eigenvalue weighted by molar-refractivity contribution is 0.0657. The molecule has 4 aromatic rings. The lowest BCUT2D eigenvalue weighted by Crippen LogP contribution is -2.38. The molecule has 1 unspecified atom stereocenters. The van der Waals surface area contributed by atoms with Gasteiger partial charge in [-0.25, -0.2) is 4.98 Å². The molecule has 1 heterocycles. The lowest BCUT2D eigenvalue weighted by Gasteiger charge is -2.31. The maximum absolute atomic E-state index is 13.7. The van der Waals surface area contributed by atoms with Gasteiger partial charge in [-0.05, 0) is 73.9 Å². The zero-order chi connectivity index (χ0) is 25.7. The number of aryl methyl sites for hydroxylation is 1. The molecule has 0 aliphatic rings. The Kier molecular flexibility index (Phi) is 8.18. The standard InChI is InChI=1S/C29H30ClN3O3/c1-4-21-10-12-22(13-11-21)28(34)32(18-7-19-36-3)20(2)27-31-26-9-6-5-8-25(26)29(35)33(27)24-16-14-23(30)15-17-24/h5-6,8-17,20H,4,7,18-19H2,1-3H3. The number of methoxy groups -OCH3 is 1. The summed E-state index contributed by atoms with van der Waals surface area (Å²) in [5.74, 6) is 0.364. The van der Waals surface area contributed by atoms with Crippen LogP contribution in [0.4, 0.5) is 0 Å². The van der Waals surface area contributed by atoms with E-state index < -0.39 is 6.04 Å². The lowest BCUT2D eigenvalue weighted by atomic mass is 10.1. The van der Waals surface area contributed by atoms with Gasteiger partial charge in [0.1, 0.15) is 5.82 Å². The van der Waals surface area contributed by atoms with Gasteiger partial charge in [0, 0.05) is 30.8 Å². The van der Waals surface area contributed by atoms with Gasteiger partial charge < -0.3 is 9.64 Å². The molecule has 1 aromatic heterocycles. The highest BCUT2D eigenvalue weighted by atomic mass is 35.5.